The number of nitrogens with one attached hydrogen (secondary N) is 1. The topological polar surface area (TPSA) is 97.3 Å². The first-order valence-electron chi connectivity index (χ1n) is 10.6. The summed E-state index contributed by atoms with van der Waals surface area (Å²) >= 11 is 0. The zero-order valence-electron chi connectivity index (χ0n) is 18.1. The maximum absolute atomic E-state index is 13.0. The summed E-state index contributed by atoms with van der Waals surface area (Å²) in [6, 6.07) is 12.2. The molecule has 2 amide bonds. The maximum atomic E-state index is 13.0. The number of aryl methyl sites for hydroxylation is 1. The van der Waals surface area contributed by atoms with Crippen molar-refractivity contribution in [2.45, 2.75) is 32.2 Å². The Labute approximate surface area is 186 Å². The van der Waals surface area contributed by atoms with E-state index in [-0.39, 0.29) is 17.9 Å². The van der Waals surface area contributed by atoms with Crippen LogP contribution in [0.2, 0.25) is 0 Å². The average molecular weight is 431 g/mol. The van der Waals surface area contributed by atoms with Crippen LogP contribution in [0.3, 0.4) is 0 Å². The summed E-state index contributed by atoms with van der Waals surface area (Å²) in [5, 5.41) is 2.85. The first-order valence-corrected chi connectivity index (χ1v) is 10.6. The lowest BCUT2D eigenvalue weighted by Gasteiger charge is -2.34. The van der Waals surface area contributed by atoms with Crippen LogP contribution in [0.4, 0.5) is 5.69 Å². The van der Waals surface area contributed by atoms with Crippen LogP contribution in [0.15, 0.2) is 54.9 Å². The van der Waals surface area contributed by atoms with Crippen LogP contribution in [-0.2, 0) is 0 Å². The zero-order chi connectivity index (χ0) is 22.5. The van der Waals surface area contributed by atoms with E-state index in [0.717, 1.165) is 19.3 Å². The maximum Gasteiger partial charge on any atom is 0.273 e. The van der Waals surface area contributed by atoms with Gasteiger partial charge in [0.1, 0.15) is 11.4 Å². The van der Waals surface area contributed by atoms with Crippen molar-refractivity contribution >= 4 is 17.5 Å². The van der Waals surface area contributed by atoms with E-state index in [9.17, 15) is 9.59 Å². The quantitative estimate of drug-likeness (QED) is 0.660. The molecule has 32 heavy (non-hydrogen) atoms. The predicted molar refractivity (Wildman–Crippen MR) is 120 cm³/mol. The number of methoxy groups -OCH3 is 1. The van der Waals surface area contributed by atoms with Crippen LogP contribution in [0.25, 0.3) is 0 Å². The number of para-hydroxylation sites is 2. The molecule has 1 aliphatic heterocycles. The van der Waals surface area contributed by atoms with Crippen molar-refractivity contribution in [3.8, 4) is 5.75 Å². The minimum absolute atomic E-state index is 0.130. The monoisotopic (exact) mass is 431 g/mol. The third kappa shape index (κ3) is 4.44. The van der Waals surface area contributed by atoms with E-state index < -0.39 is 0 Å². The van der Waals surface area contributed by atoms with Crippen molar-refractivity contribution < 1.29 is 14.3 Å². The first kappa shape index (κ1) is 21.4. The third-order valence-electron chi connectivity index (χ3n) is 5.54. The molecule has 1 atom stereocenters. The molecular weight excluding hydrogens is 406 g/mol. The summed E-state index contributed by atoms with van der Waals surface area (Å²) in [6.45, 7) is 2.40. The number of nitrogens with zero attached hydrogens (tertiary/aromatic N) is 4. The van der Waals surface area contributed by atoms with E-state index in [1.165, 1.54) is 6.20 Å². The summed E-state index contributed by atoms with van der Waals surface area (Å²) in [4.78, 5) is 40.9. The van der Waals surface area contributed by atoms with Crippen LogP contribution >= 0.6 is 0 Å². The molecule has 0 aliphatic carbocycles. The molecule has 8 nitrogen and oxygen atoms in total. The van der Waals surface area contributed by atoms with E-state index in [4.69, 9.17) is 4.74 Å². The van der Waals surface area contributed by atoms with Crippen LogP contribution in [0.5, 0.6) is 5.75 Å². The highest BCUT2D eigenvalue weighted by Gasteiger charge is 2.31. The van der Waals surface area contributed by atoms with Gasteiger partial charge in [-0.15, -0.1) is 0 Å². The van der Waals surface area contributed by atoms with Crippen molar-refractivity contribution in [1.82, 2.24) is 19.9 Å². The summed E-state index contributed by atoms with van der Waals surface area (Å²) in [6.07, 6.45) is 5.82. The minimum atomic E-state index is -0.316. The van der Waals surface area contributed by atoms with Crippen LogP contribution < -0.4 is 10.1 Å². The summed E-state index contributed by atoms with van der Waals surface area (Å²) in [5.41, 5.74) is 1.91. The molecule has 0 radical (unpaired) electrons. The van der Waals surface area contributed by atoms with Gasteiger partial charge in [0.25, 0.3) is 11.8 Å². The number of amides is 2. The van der Waals surface area contributed by atoms with E-state index in [1.807, 2.05) is 12.1 Å². The molecule has 1 saturated heterocycles. The van der Waals surface area contributed by atoms with Gasteiger partial charge < -0.3 is 15.0 Å². The number of anilines is 1. The molecule has 1 aromatic carbocycles. The van der Waals surface area contributed by atoms with Gasteiger partial charge in [0, 0.05) is 18.9 Å². The van der Waals surface area contributed by atoms with Crippen molar-refractivity contribution in [2.24, 2.45) is 0 Å². The van der Waals surface area contributed by atoms with Crippen molar-refractivity contribution in [3.05, 3.63) is 77.6 Å². The number of rotatable bonds is 5. The predicted octanol–water partition coefficient (Wildman–Crippen LogP) is 3.81. The molecule has 1 N–H and O–H groups in total. The number of pyridine rings is 1. The van der Waals surface area contributed by atoms with Gasteiger partial charge in [-0.2, -0.15) is 0 Å². The fourth-order valence-corrected chi connectivity index (χ4v) is 3.89. The van der Waals surface area contributed by atoms with Gasteiger partial charge in [0.2, 0.25) is 0 Å². The minimum Gasteiger partial charge on any atom is -0.495 e. The lowest BCUT2D eigenvalue weighted by Crippen LogP contribution is -2.39. The highest BCUT2D eigenvalue weighted by Crippen LogP contribution is 2.30. The number of hydrogen-bond donors (Lipinski definition) is 1. The van der Waals surface area contributed by atoms with Crippen LogP contribution in [0.1, 0.15) is 57.7 Å². The molecule has 1 fully saturated rings. The normalized spacial score (nSPS) is 15.8. The number of carbonyl (C=O) groups is 2. The Balaban J connectivity index is 1.56. The number of aromatic nitrogens is 3. The molecule has 3 aromatic rings. The molecule has 1 aliphatic rings. The van der Waals surface area contributed by atoms with E-state index >= 15 is 0 Å². The van der Waals surface area contributed by atoms with Gasteiger partial charge in [-0.25, -0.2) is 9.97 Å². The Kier molecular flexibility index (Phi) is 6.39. The molecule has 2 aromatic heterocycles. The molecule has 164 valence electrons. The second-order valence-corrected chi connectivity index (χ2v) is 7.61. The van der Waals surface area contributed by atoms with Gasteiger partial charge in [-0.05, 0) is 50.5 Å². The number of piperidine rings is 1. The smallest absolute Gasteiger partial charge is 0.273 e. The van der Waals surface area contributed by atoms with Gasteiger partial charge in [-0.1, -0.05) is 18.2 Å². The van der Waals surface area contributed by atoms with Crippen molar-refractivity contribution in [1.29, 1.82) is 0 Å². The Morgan fingerprint density at radius 1 is 1.09 bits per heavy atom. The standard InChI is InChI=1S/C24H25N5O3/c1-16-17(23(30)28-18-9-3-4-12-21(18)32-2)15-26-22(27-16)20-11-6-8-14-29(20)24(31)19-10-5-7-13-25-19/h3-5,7,9-10,12-13,15,20H,6,8,11,14H2,1-2H3,(H,28,30). The van der Waals surface area contributed by atoms with E-state index in [1.54, 1.807) is 55.5 Å². The van der Waals surface area contributed by atoms with Crippen LogP contribution in [-0.4, -0.2) is 45.3 Å². The zero-order valence-corrected chi connectivity index (χ0v) is 18.1. The summed E-state index contributed by atoms with van der Waals surface area (Å²) < 4.78 is 5.29. The second-order valence-electron chi connectivity index (χ2n) is 7.61. The van der Waals surface area contributed by atoms with Gasteiger partial charge in [-0.3, -0.25) is 14.6 Å². The Morgan fingerprint density at radius 3 is 2.66 bits per heavy atom. The highest BCUT2D eigenvalue weighted by molar-refractivity contribution is 6.05. The highest BCUT2D eigenvalue weighted by atomic mass is 16.5. The summed E-state index contributed by atoms with van der Waals surface area (Å²) in [7, 11) is 1.55. The largest absolute Gasteiger partial charge is 0.495 e. The second kappa shape index (κ2) is 9.55. The molecule has 4 rings (SSSR count). The Morgan fingerprint density at radius 2 is 1.91 bits per heavy atom. The number of likely N-dealkylation sites (tertiary alicyclic amines) is 1. The van der Waals surface area contributed by atoms with Gasteiger partial charge in [0.05, 0.1) is 30.1 Å². The average Bonchev–Trinajstić information content (AvgIpc) is 2.84. The van der Waals surface area contributed by atoms with Gasteiger partial charge >= 0.3 is 0 Å². The number of hydrogen-bond acceptors (Lipinski definition) is 6. The van der Waals surface area contributed by atoms with Crippen molar-refractivity contribution in [3.63, 3.8) is 0 Å². The van der Waals surface area contributed by atoms with Gasteiger partial charge in [0.15, 0.2) is 5.82 Å². The molecule has 1 unspecified atom stereocenters. The van der Waals surface area contributed by atoms with Crippen LogP contribution in [0, 0.1) is 6.92 Å². The van der Waals surface area contributed by atoms with E-state index in [2.05, 4.69) is 20.3 Å². The molecular formula is C24H25N5O3. The fourth-order valence-electron chi connectivity index (χ4n) is 3.89. The Bertz CT molecular complexity index is 1120. The Hall–Kier alpha value is -3.81. The molecule has 0 saturated carbocycles. The SMILES string of the molecule is COc1ccccc1NC(=O)c1cnc(C2CCCCN2C(=O)c2ccccn2)nc1C. The molecule has 8 heteroatoms. The number of carbonyl (C=O) groups excluding carboxylic acids is 2. The molecule has 3 heterocycles. The fraction of sp³-hybridized carbons (Fsp3) is 0.292. The number of benzene rings is 1. The summed E-state index contributed by atoms with van der Waals surface area (Å²) in [5.74, 6) is 0.667. The molecule has 0 spiro atoms. The lowest BCUT2D eigenvalue weighted by molar-refractivity contribution is 0.0593. The van der Waals surface area contributed by atoms with Crippen molar-refractivity contribution in [2.75, 3.05) is 19.0 Å². The first-order chi connectivity index (χ1) is 15.6. The van der Waals surface area contributed by atoms with E-state index in [0.29, 0.717) is 40.8 Å². The molecule has 0 bridgehead atoms. The third-order valence-corrected chi connectivity index (χ3v) is 5.54. The lowest BCUT2D eigenvalue weighted by atomic mass is 10.0. The number of ether oxygens (including phenoxy) is 1.